The van der Waals surface area contributed by atoms with Crippen molar-refractivity contribution in [3.8, 4) is 0 Å². The number of nitrogens with one attached hydrogen (secondary N) is 2. The number of alkyl halides is 5. The van der Waals surface area contributed by atoms with Gasteiger partial charge < -0.3 is 10.6 Å². The molecule has 0 saturated heterocycles. The molecular weight excluding hydrogens is 571 g/mol. The average molecular weight is 583 g/mol. The second kappa shape index (κ2) is 9.70. The molecule has 0 radical (unpaired) electrons. The lowest BCUT2D eigenvalue weighted by Crippen LogP contribution is -2.18. The number of pyridine rings is 1. The van der Waals surface area contributed by atoms with Gasteiger partial charge in [-0.15, -0.1) is 23.2 Å². The van der Waals surface area contributed by atoms with Crippen LogP contribution in [0.5, 0.6) is 0 Å². The number of carbonyl (C=O) groups excluding carboxylic acids is 2. The zero-order chi connectivity index (χ0) is 27.3. The first-order valence-corrected chi connectivity index (χ1v) is 11.3. The van der Waals surface area contributed by atoms with Crippen LogP contribution in [0.2, 0.25) is 5.02 Å². The van der Waals surface area contributed by atoms with E-state index in [2.05, 4.69) is 15.6 Å². The predicted octanol–water partition coefficient (Wildman–Crippen LogP) is 6.95. The van der Waals surface area contributed by atoms with Gasteiger partial charge in [-0.3, -0.25) is 9.59 Å². The van der Waals surface area contributed by atoms with Crippen molar-refractivity contribution in [2.75, 3.05) is 10.6 Å². The lowest BCUT2D eigenvalue weighted by molar-refractivity contribution is -0.140. The van der Waals surface area contributed by atoms with Gasteiger partial charge in [0.05, 0.1) is 27.8 Å². The van der Waals surface area contributed by atoms with Gasteiger partial charge in [-0.25, -0.2) is 13.8 Å². The molecule has 1 aromatic heterocycles. The molecule has 2 aromatic carbocycles. The van der Waals surface area contributed by atoms with Crippen LogP contribution in [0, 0.1) is 23.5 Å². The Morgan fingerprint density at radius 3 is 2.30 bits per heavy atom. The smallest absolute Gasteiger partial charge is 0.326 e. The van der Waals surface area contributed by atoms with E-state index < -0.39 is 57.3 Å². The van der Waals surface area contributed by atoms with Gasteiger partial charge in [0.2, 0.25) is 11.9 Å². The maximum atomic E-state index is 13.6. The highest BCUT2D eigenvalue weighted by Crippen LogP contribution is 2.65. The molecule has 37 heavy (non-hydrogen) atoms. The number of carbonyl (C=O) groups is 2. The van der Waals surface area contributed by atoms with Crippen LogP contribution in [-0.2, 0) is 11.0 Å². The summed E-state index contributed by atoms with van der Waals surface area (Å²) in [5.41, 5.74) is -1.83. The van der Waals surface area contributed by atoms with E-state index in [4.69, 9.17) is 34.8 Å². The average Bonchev–Trinajstić information content (AvgIpc) is 3.39. The Balaban J connectivity index is 1.51. The minimum Gasteiger partial charge on any atom is -0.326 e. The lowest BCUT2D eigenvalue weighted by atomic mass is 10.0. The zero-order valence-corrected chi connectivity index (χ0v) is 20.2. The number of aromatic nitrogens is 1. The molecule has 2 atom stereocenters. The van der Waals surface area contributed by atoms with E-state index in [9.17, 15) is 35.9 Å². The Labute approximate surface area is 219 Å². The van der Waals surface area contributed by atoms with Gasteiger partial charge >= 0.3 is 6.18 Å². The number of anilines is 2. The molecule has 0 unspecified atom stereocenters. The van der Waals surface area contributed by atoms with Gasteiger partial charge in [-0.2, -0.15) is 17.6 Å². The van der Waals surface area contributed by atoms with E-state index >= 15 is 0 Å². The summed E-state index contributed by atoms with van der Waals surface area (Å²) in [6, 6.07) is 6.77. The van der Waals surface area contributed by atoms with Crippen molar-refractivity contribution >= 4 is 58.0 Å². The Hall–Kier alpha value is -3.02. The number of hydrogen-bond acceptors (Lipinski definition) is 3. The summed E-state index contributed by atoms with van der Waals surface area (Å²) in [6.07, 6.45) is -4.16. The third-order valence-corrected chi connectivity index (χ3v) is 6.80. The van der Waals surface area contributed by atoms with Crippen LogP contribution in [-0.4, -0.2) is 21.1 Å². The van der Waals surface area contributed by atoms with Gasteiger partial charge in [0.1, 0.15) is 10.2 Å². The maximum Gasteiger partial charge on any atom is 0.419 e. The molecule has 4 rings (SSSR count). The summed E-state index contributed by atoms with van der Waals surface area (Å²) in [4.78, 5) is 28.3. The van der Waals surface area contributed by atoms with Crippen molar-refractivity contribution in [1.29, 1.82) is 0 Å². The van der Waals surface area contributed by atoms with Gasteiger partial charge in [0, 0.05) is 17.8 Å². The molecular formula is C23H12Cl3F6N3O2. The topological polar surface area (TPSA) is 71.1 Å². The molecule has 1 saturated carbocycles. The van der Waals surface area contributed by atoms with E-state index in [1.807, 2.05) is 0 Å². The SMILES string of the molecule is O=C(Nc1cc(NC(=O)[C@H]2[C@H](c3ccc(F)c(C(F)(F)F)c3)C2(Cl)Cl)ccc1Cl)c1cnc(F)c(F)c1. The molecule has 1 aliphatic rings. The van der Waals surface area contributed by atoms with Crippen molar-refractivity contribution in [3.05, 3.63) is 88.0 Å². The highest BCUT2D eigenvalue weighted by atomic mass is 35.5. The lowest BCUT2D eigenvalue weighted by Gasteiger charge is -2.11. The van der Waals surface area contributed by atoms with Crippen molar-refractivity contribution in [2.45, 2.75) is 16.4 Å². The molecule has 0 bridgehead atoms. The molecule has 3 aromatic rings. The highest BCUT2D eigenvalue weighted by Gasteiger charge is 2.67. The quantitative estimate of drug-likeness (QED) is 0.194. The second-order valence-corrected chi connectivity index (χ2v) is 9.85. The van der Waals surface area contributed by atoms with E-state index in [1.165, 1.54) is 18.2 Å². The third kappa shape index (κ3) is 5.48. The van der Waals surface area contributed by atoms with Gasteiger partial charge in [-0.1, -0.05) is 17.7 Å². The van der Waals surface area contributed by atoms with Crippen LogP contribution >= 0.6 is 34.8 Å². The van der Waals surface area contributed by atoms with Crippen molar-refractivity contribution in [3.63, 3.8) is 0 Å². The van der Waals surface area contributed by atoms with E-state index in [0.29, 0.717) is 18.2 Å². The summed E-state index contributed by atoms with van der Waals surface area (Å²) in [5, 5.41) is 4.87. The van der Waals surface area contributed by atoms with Crippen LogP contribution in [0.15, 0.2) is 48.7 Å². The van der Waals surface area contributed by atoms with Gasteiger partial charge in [-0.05, 0) is 42.0 Å². The molecule has 2 amide bonds. The number of benzene rings is 2. The molecule has 1 aliphatic carbocycles. The normalized spacial score (nSPS) is 18.3. The summed E-state index contributed by atoms with van der Waals surface area (Å²) < 4.78 is 77.5. The summed E-state index contributed by atoms with van der Waals surface area (Å²) >= 11 is 18.4. The first-order valence-electron chi connectivity index (χ1n) is 10.2. The largest absolute Gasteiger partial charge is 0.419 e. The molecule has 5 nitrogen and oxygen atoms in total. The minimum absolute atomic E-state index is 0.0158. The first kappa shape index (κ1) is 27.0. The molecule has 1 fully saturated rings. The highest BCUT2D eigenvalue weighted by molar-refractivity contribution is 6.53. The Morgan fingerprint density at radius 1 is 0.946 bits per heavy atom. The molecule has 194 valence electrons. The minimum atomic E-state index is -4.96. The fraction of sp³-hybridized carbons (Fsp3) is 0.174. The van der Waals surface area contributed by atoms with E-state index in [0.717, 1.165) is 12.3 Å². The fourth-order valence-electron chi connectivity index (χ4n) is 3.68. The standard InChI is InChI=1S/C23H12Cl3F6N3O2/c24-13-3-2-11(7-16(13)35-20(36)10-6-15(28)19(29)33-8-10)34-21(37)18-17(22(18,25)26)9-1-4-14(27)12(5-9)23(30,31)32/h1-8,17-18H,(H,34,37)(H,35,36)/t17-,18+/m0/s1. The fourth-order valence-corrected chi connectivity index (χ4v) is 4.67. The number of hydrogen-bond donors (Lipinski definition) is 2. The summed E-state index contributed by atoms with van der Waals surface area (Å²) in [6.45, 7) is 0. The second-order valence-electron chi connectivity index (χ2n) is 8.00. The zero-order valence-electron chi connectivity index (χ0n) is 17.9. The van der Waals surface area contributed by atoms with Crippen molar-refractivity contribution in [1.82, 2.24) is 4.98 Å². The van der Waals surface area contributed by atoms with E-state index in [-0.39, 0.29) is 27.5 Å². The molecule has 14 heteroatoms. The predicted molar refractivity (Wildman–Crippen MR) is 124 cm³/mol. The van der Waals surface area contributed by atoms with E-state index in [1.54, 1.807) is 0 Å². The van der Waals surface area contributed by atoms with Crippen molar-refractivity contribution in [2.24, 2.45) is 5.92 Å². The number of halogens is 9. The molecule has 0 aliphatic heterocycles. The van der Waals surface area contributed by atoms with Gasteiger partial charge in [0.25, 0.3) is 5.91 Å². The molecule has 2 N–H and O–H groups in total. The molecule has 0 spiro atoms. The summed E-state index contributed by atoms with van der Waals surface area (Å²) in [7, 11) is 0. The van der Waals surface area contributed by atoms with Crippen LogP contribution in [0.25, 0.3) is 0 Å². The van der Waals surface area contributed by atoms with Crippen LogP contribution < -0.4 is 10.6 Å². The first-order chi connectivity index (χ1) is 17.2. The van der Waals surface area contributed by atoms with Crippen LogP contribution in [0.3, 0.4) is 0 Å². The number of rotatable bonds is 5. The van der Waals surface area contributed by atoms with Crippen molar-refractivity contribution < 1.29 is 35.9 Å². The third-order valence-electron chi connectivity index (χ3n) is 5.53. The Bertz CT molecular complexity index is 1420. The number of nitrogens with zero attached hydrogens (tertiary/aromatic N) is 1. The Kier molecular flexibility index (Phi) is 7.08. The Morgan fingerprint density at radius 2 is 1.65 bits per heavy atom. The maximum absolute atomic E-state index is 13.6. The van der Waals surface area contributed by atoms with Crippen LogP contribution in [0.1, 0.15) is 27.4 Å². The number of amides is 2. The van der Waals surface area contributed by atoms with Crippen LogP contribution in [0.4, 0.5) is 37.7 Å². The monoisotopic (exact) mass is 581 g/mol. The van der Waals surface area contributed by atoms with Gasteiger partial charge in [0.15, 0.2) is 5.82 Å². The summed E-state index contributed by atoms with van der Waals surface area (Å²) in [5.74, 6) is -8.11. The molecule has 1 heterocycles.